The molecule has 0 aliphatic rings. The molecule has 0 bridgehead atoms. The van der Waals surface area contributed by atoms with Crippen molar-refractivity contribution in [3.8, 4) is 5.75 Å². The van der Waals surface area contributed by atoms with E-state index < -0.39 is 0 Å². The topological polar surface area (TPSA) is 53.7 Å². The zero-order chi connectivity index (χ0) is 13.9. The SMILES string of the molecule is COCCCOCCOc1cccc(SC)c1CN. The lowest BCUT2D eigenvalue weighted by atomic mass is 10.2. The van der Waals surface area contributed by atoms with Gasteiger partial charge in [0.2, 0.25) is 0 Å². The van der Waals surface area contributed by atoms with E-state index in [9.17, 15) is 0 Å². The molecule has 0 atom stereocenters. The third-order valence-electron chi connectivity index (χ3n) is 2.64. The van der Waals surface area contributed by atoms with Crippen LogP contribution in [-0.4, -0.2) is 39.8 Å². The Hall–Kier alpha value is -0.750. The molecule has 0 fully saturated rings. The van der Waals surface area contributed by atoms with Crippen LogP contribution in [0.25, 0.3) is 0 Å². The van der Waals surface area contributed by atoms with Gasteiger partial charge in [0, 0.05) is 37.3 Å². The van der Waals surface area contributed by atoms with Gasteiger partial charge in [0.15, 0.2) is 0 Å². The molecule has 5 heteroatoms. The molecule has 2 N–H and O–H groups in total. The average Bonchev–Trinajstić information content (AvgIpc) is 2.45. The lowest BCUT2D eigenvalue weighted by molar-refractivity contribution is 0.0803. The molecule has 0 saturated heterocycles. The molecule has 0 amide bonds. The van der Waals surface area contributed by atoms with Crippen molar-refractivity contribution in [2.24, 2.45) is 5.73 Å². The fourth-order valence-electron chi connectivity index (χ4n) is 1.69. The van der Waals surface area contributed by atoms with Crippen LogP contribution in [0.1, 0.15) is 12.0 Å². The van der Waals surface area contributed by atoms with E-state index in [1.54, 1.807) is 18.9 Å². The molecule has 0 aromatic heterocycles. The minimum Gasteiger partial charge on any atom is -0.491 e. The van der Waals surface area contributed by atoms with E-state index >= 15 is 0 Å². The van der Waals surface area contributed by atoms with E-state index in [1.165, 1.54) is 4.90 Å². The lowest BCUT2D eigenvalue weighted by Gasteiger charge is -2.13. The minimum atomic E-state index is 0.487. The molecular weight excluding hydrogens is 262 g/mol. The predicted octanol–water partition coefficient (Wildman–Crippen LogP) is 2.30. The smallest absolute Gasteiger partial charge is 0.125 e. The number of rotatable bonds is 10. The number of benzene rings is 1. The van der Waals surface area contributed by atoms with Gasteiger partial charge in [-0.05, 0) is 24.8 Å². The molecule has 0 heterocycles. The van der Waals surface area contributed by atoms with E-state index in [4.69, 9.17) is 19.9 Å². The molecule has 0 radical (unpaired) electrons. The van der Waals surface area contributed by atoms with Gasteiger partial charge in [0.25, 0.3) is 0 Å². The fraction of sp³-hybridized carbons (Fsp3) is 0.571. The van der Waals surface area contributed by atoms with Crippen LogP contribution in [0.2, 0.25) is 0 Å². The lowest BCUT2D eigenvalue weighted by Crippen LogP contribution is -2.10. The highest BCUT2D eigenvalue weighted by Crippen LogP contribution is 2.28. The zero-order valence-corrected chi connectivity index (χ0v) is 12.5. The van der Waals surface area contributed by atoms with Crippen LogP contribution in [0.15, 0.2) is 23.1 Å². The number of hydrogen-bond acceptors (Lipinski definition) is 5. The second kappa shape index (κ2) is 10.1. The standard InChI is InChI=1S/C14H23NO3S/c1-16-7-4-8-17-9-10-18-13-5-3-6-14(19-2)12(13)11-15/h3,5-6H,4,7-11,15H2,1-2H3. The highest BCUT2D eigenvalue weighted by atomic mass is 32.2. The van der Waals surface area contributed by atoms with Crippen LogP contribution in [0.3, 0.4) is 0 Å². The molecule has 1 aromatic rings. The molecule has 0 aliphatic carbocycles. The molecular formula is C14H23NO3S. The summed E-state index contributed by atoms with van der Waals surface area (Å²) >= 11 is 1.68. The normalized spacial score (nSPS) is 10.7. The molecule has 1 aromatic carbocycles. The maximum atomic E-state index is 5.77. The van der Waals surface area contributed by atoms with Crippen molar-refractivity contribution in [3.05, 3.63) is 23.8 Å². The Labute approximate surface area is 119 Å². The Kier molecular flexibility index (Phi) is 8.66. The highest BCUT2D eigenvalue weighted by Gasteiger charge is 2.07. The van der Waals surface area contributed by atoms with E-state index in [-0.39, 0.29) is 0 Å². The third-order valence-corrected chi connectivity index (χ3v) is 3.46. The maximum absolute atomic E-state index is 5.77. The van der Waals surface area contributed by atoms with Crippen LogP contribution >= 0.6 is 11.8 Å². The first-order chi connectivity index (χ1) is 9.33. The predicted molar refractivity (Wildman–Crippen MR) is 78.9 cm³/mol. The number of methoxy groups -OCH3 is 1. The van der Waals surface area contributed by atoms with Crippen LogP contribution in [0.4, 0.5) is 0 Å². The monoisotopic (exact) mass is 285 g/mol. The van der Waals surface area contributed by atoms with Gasteiger partial charge in [-0.25, -0.2) is 0 Å². The molecule has 4 nitrogen and oxygen atoms in total. The molecule has 0 unspecified atom stereocenters. The summed E-state index contributed by atoms with van der Waals surface area (Å²) in [4.78, 5) is 1.17. The molecule has 19 heavy (non-hydrogen) atoms. The number of thioether (sulfide) groups is 1. The minimum absolute atomic E-state index is 0.487. The summed E-state index contributed by atoms with van der Waals surface area (Å²) in [5.41, 5.74) is 6.84. The Bertz CT molecular complexity index is 361. The highest BCUT2D eigenvalue weighted by molar-refractivity contribution is 7.98. The first kappa shape index (κ1) is 16.3. The average molecular weight is 285 g/mol. The van der Waals surface area contributed by atoms with Crippen molar-refractivity contribution in [1.82, 2.24) is 0 Å². The van der Waals surface area contributed by atoms with Crippen molar-refractivity contribution in [3.63, 3.8) is 0 Å². The fourth-order valence-corrected chi connectivity index (χ4v) is 2.34. The Balaban J connectivity index is 2.33. The van der Waals surface area contributed by atoms with Gasteiger partial charge in [-0.15, -0.1) is 11.8 Å². The van der Waals surface area contributed by atoms with Crippen molar-refractivity contribution in [2.45, 2.75) is 17.9 Å². The van der Waals surface area contributed by atoms with Gasteiger partial charge in [-0.3, -0.25) is 0 Å². The Morgan fingerprint density at radius 3 is 2.68 bits per heavy atom. The van der Waals surface area contributed by atoms with Crippen LogP contribution in [0.5, 0.6) is 5.75 Å². The summed E-state index contributed by atoms with van der Waals surface area (Å²) in [7, 11) is 1.69. The molecule has 0 aliphatic heterocycles. The van der Waals surface area contributed by atoms with Crippen molar-refractivity contribution < 1.29 is 14.2 Å². The second-order valence-corrected chi connectivity index (χ2v) is 4.80. The molecule has 108 valence electrons. The van der Waals surface area contributed by atoms with Crippen molar-refractivity contribution in [1.29, 1.82) is 0 Å². The third kappa shape index (κ3) is 5.82. The van der Waals surface area contributed by atoms with Gasteiger partial charge < -0.3 is 19.9 Å². The van der Waals surface area contributed by atoms with Crippen LogP contribution in [0, 0.1) is 0 Å². The quantitative estimate of drug-likeness (QED) is 0.528. The second-order valence-electron chi connectivity index (χ2n) is 3.95. The first-order valence-corrected chi connectivity index (χ1v) is 7.61. The number of nitrogens with two attached hydrogens (primary N) is 1. The van der Waals surface area contributed by atoms with Crippen molar-refractivity contribution >= 4 is 11.8 Å². The van der Waals surface area contributed by atoms with Gasteiger partial charge in [-0.1, -0.05) is 6.07 Å². The summed E-state index contributed by atoms with van der Waals surface area (Å²) in [6, 6.07) is 5.99. The van der Waals surface area contributed by atoms with Gasteiger partial charge in [0.1, 0.15) is 12.4 Å². The van der Waals surface area contributed by atoms with Crippen LogP contribution in [-0.2, 0) is 16.0 Å². The van der Waals surface area contributed by atoms with E-state index in [0.29, 0.717) is 26.4 Å². The van der Waals surface area contributed by atoms with Gasteiger partial charge in [-0.2, -0.15) is 0 Å². The first-order valence-electron chi connectivity index (χ1n) is 6.39. The maximum Gasteiger partial charge on any atom is 0.125 e. The molecule has 1 rings (SSSR count). The summed E-state index contributed by atoms with van der Waals surface area (Å²) in [6.45, 7) is 3.04. The number of ether oxygens (including phenoxy) is 3. The molecule has 0 spiro atoms. The van der Waals surface area contributed by atoms with Crippen molar-refractivity contribution in [2.75, 3.05) is 39.8 Å². The van der Waals surface area contributed by atoms with E-state index in [1.807, 2.05) is 18.4 Å². The molecule has 0 saturated carbocycles. The summed E-state index contributed by atoms with van der Waals surface area (Å²) in [6.07, 6.45) is 2.95. The van der Waals surface area contributed by atoms with Gasteiger partial charge in [0.05, 0.1) is 6.61 Å². The Morgan fingerprint density at radius 1 is 1.16 bits per heavy atom. The van der Waals surface area contributed by atoms with E-state index in [0.717, 1.165) is 24.3 Å². The largest absolute Gasteiger partial charge is 0.491 e. The summed E-state index contributed by atoms with van der Waals surface area (Å²) in [5, 5.41) is 0. The summed E-state index contributed by atoms with van der Waals surface area (Å²) in [5.74, 6) is 0.856. The van der Waals surface area contributed by atoms with E-state index in [2.05, 4.69) is 6.07 Å². The van der Waals surface area contributed by atoms with Gasteiger partial charge >= 0.3 is 0 Å². The summed E-state index contributed by atoms with van der Waals surface area (Å²) < 4.78 is 16.1. The zero-order valence-electron chi connectivity index (χ0n) is 11.7. The Morgan fingerprint density at radius 2 is 2.00 bits per heavy atom. The van der Waals surface area contributed by atoms with Crippen LogP contribution < -0.4 is 10.5 Å². The number of hydrogen-bond donors (Lipinski definition) is 1.